The van der Waals surface area contributed by atoms with E-state index >= 15 is 0 Å². The summed E-state index contributed by atoms with van der Waals surface area (Å²) in [7, 11) is 0. The summed E-state index contributed by atoms with van der Waals surface area (Å²) in [6.07, 6.45) is 1.79. The molecule has 2 rings (SSSR count). The second kappa shape index (κ2) is 4.78. The summed E-state index contributed by atoms with van der Waals surface area (Å²) in [6.45, 7) is 1.35. The minimum absolute atomic E-state index is 0.361. The zero-order valence-electron chi connectivity index (χ0n) is 8.94. The van der Waals surface area contributed by atoms with Gasteiger partial charge in [-0.2, -0.15) is 0 Å². The van der Waals surface area contributed by atoms with Crippen LogP contribution in [-0.2, 0) is 9.63 Å². The Morgan fingerprint density at radius 2 is 2.25 bits per heavy atom. The molecule has 1 unspecified atom stereocenters. The predicted molar refractivity (Wildman–Crippen MR) is 65.6 cm³/mol. The van der Waals surface area contributed by atoms with Crippen molar-refractivity contribution in [1.82, 2.24) is 0 Å². The average Bonchev–Trinajstić information content (AvgIpc) is 2.28. The first-order valence-corrected chi connectivity index (χ1v) is 6.08. The number of nitrogens with zero attached hydrogens (tertiary/aromatic N) is 1. The van der Waals surface area contributed by atoms with Gasteiger partial charge in [0.1, 0.15) is 0 Å². The molecule has 0 aromatic heterocycles. The highest BCUT2D eigenvalue weighted by Crippen LogP contribution is 2.35. The Labute approximate surface area is 103 Å². The van der Waals surface area contributed by atoms with E-state index in [4.69, 9.17) is 4.84 Å². The highest BCUT2D eigenvalue weighted by atomic mass is 79.9. The Morgan fingerprint density at radius 1 is 1.50 bits per heavy atom. The lowest BCUT2D eigenvalue weighted by Crippen LogP contribution is -2.14. The van der Waals surface area contributed by atoms with Gasteiger partial charge >= 0.3 is 5.97 Å². The number of alkyl halides is 1. The van der Waals surface area contributed by atoms with E-state index in [1.807, 2.05) is 18.2 Å². The molecule has 0 spiro atoms. The molecule has 0 radical (unpaired) electrons. The third-order valence-corrected chi connectivity index (χ3v) is 3.48. The minimum atomic E-state index is -0.383. The van der Waals surface area contributed by atoms with Gasteiger partial charge < -0.3 is 4.84 Å². The number of hydrogen-bond donors (Lipinski definition) is 0. The molecule has 84 valence electrons. The summed E-state index contributed by atoms with van der Waals surface area (Å²) >= 11 is 3.63. The van der Waals surface area contributed by atoms with Gasteiger partial charge in [-0.3, -0.25) is 0 Å². The van der Waals surface area contributed by atoms with Crippen molar-refractivity contribution < 1.29 is 9.63 Å². The maximum Gasteiger partial charge on any atom is 0.331 e. The van der Waals surface area contributed by atoms with Crippen LogP contribution in [0, 0.1) is 0 Å². The van der Waals surface area contributed by atoms with Crippen LogP contribution in [0.25, 0.3) is 0 Å². The van der Waals surface area contributed by atoms with Crippen molar-refractivity contribution in [1.29, 1.82) is 0 Å². The summed E-state index contributed by atoms with van der Waals surface area (Å²) in [5, 5.41) is 3.90. The number of hydrogen-bond acceptors (Lipinski definition) is 3. The number of oxime groups is 1. The predicted octanol–water partition coefficient (Wildman–Crippen LogP) is 3.18. The number of carbonyl (C=O) groups is 1. The molecule has 1 aromatic rings. The molecule has 0 amide bonds. The van der Waals surface area contributed by atoms with Crippen LogP contribution in [-0.4, -0.2) is 11.7 Å². The molecule has 3 nitrogen and oxygen atoms in total. The highest BCUT2D eigenvalue weighted by molar-refractivity contribution is 9.09. The van der Waals surface area contributed by atoms with Crippen LogP contribution in [0.15, 0.2) is 29.4 Å². The van der Waals surface area contributed by atoms with Crippen molar-refractivity contribution in [3.8, 4) is 0 Å². The van der Waals surface area contributed by atoms with Gasteiger partial charge in [0.05, 0.1) is 5.71 Å². The molecule has 4 heteroatoms. The van der Waals surface area contributed by atoms with Crippen molar-refractivity contribution in [2.24, 2.45) is 5.16 Å². The van der Waals surface area contributed by atoms with E-state index in [2.05, 4.69) is 27.2 Å². The fourth-order valence-corrected chi connectivity index (χ4v) is 2.43. The largest absolute Gasteiger partial charge is 0.331 e. The molecule has 0 bridgehead atoms. The SMILES string of the molecule is CC(=O)O/N=C1\CCC(Br)c2ccccc21. The zero-order chi connectivity index (χ0) is 11.5. The van der Waals surface area contributed by atoms with E-state index in [0.717, 1.165) is 24.1 Å². The first-order valence-electron chi connectivity index (χ1n) is 5.16. The summed E-state index contributed by atoms with van der Waals surface area (Å²) in [6, 6.07) is 8.04. The standard InChI is InChI=1S/C12H12BrNO2/c1-8(15)16-14-12-7-6-11(13)9-4-2-3-5-10(9)12/h2-5,11H,6-7H2,1H3/b14-12+. The van der Waals surface area contributed by atoms with Gasteiger partial charge in [-0.25, -0.2) is 4.79 Å². The fourth-order valence-electron chi connectivity index (χ4n) is 1.80. The maximum atomic E-state index is 10.7. The molecule has 0 saturated heterocycles. The third-order valence-electron chi connectivity index (χ3n) is 2.53. The van der Waals surface area contributed by atoms with E-state index < -0.39 is 0 Å². The molecule has 0 heterocycles. The Morgan fingerprint density at radius 3 is 3.00 bits per heavy atom. The van der Waals surface area contributed by atoms with Crippen LogP contribution in [0.2, 0.25) is 0 Å². The monoisotopic (exact) mass is 281 g/mol. The first kappa shape index (κ1) is 11.3. The number of fused-ring (bicyclic) bond motifs is 1. The smallest absolute Gasteiger partial charge is 0.318 e. The summed E-state index contributed by atoms with van der Waals surface area (Å²) in [5.74, 6) is -0.383. The van der Waals surface area contributed by atoms with Crippen LogP contribution in [0.4, 0.5) is 0 Å². The van der Waals surface area contributed by atoms with Gasteiger partial charge in [0.15, 0.2) is 0 Å². The van der Waals surface area contributed by atoms with Gasteiger partial charge in [0.2, 0.25) is 0 Å². The molecular weight excluding hydrogens is 270 g/mol. The highest BCUT2D eigenvalue weighted by Gasteiger charge is 2.22. The van der Waals surface area contributed by atoms with E-state index in [9.17, 15) is 4.79 Å². The molecule has 0 N–H and O–H groups in total. The van der Waals surface area contributed by atoms with E-state index in [1.54, 1.807) is 0 Å². The third kappa shape index (κ3) is 2.32. The second-order valence-corrected chi connectivity index (χ2v) is 4.82. The lowest BCUT2D eigenvalue weighted by atomic mass is 9.90. The number of benzene rings is 1. The molecule has 1 atom stereocenters. The molecule has 1 aromatic carbocycles. The molecule has 0 aliphatic heterocycles. The van der Waals surface area contributed by atoms with Crippen molar-refractivity contribution in [2.75, 3.05) is 0 Å². The molecule has 1 aliphatic rings. The summed E-state index contributed by atoms with van der Waals surface area (Å²) in [5.41, 5.74) is 3.12. The number of rotatable bonds is 1. The van der Waals surface area contributed by atoms with Gasteiger partial charge in [-0.05, 0) is 18.4 Å². The molecule has 0 saturated carbocycles. The summed E-state index contributed by atoms with van der Waals surface area (Å²) < 4.78 is 0. The van der Waals surface area contributed by atoms with Crippen molar-refractivity contribution in [3.05, 3.63) is 35.4 Å². The fraction of sp³-hybridized carbons (Fsp3) is 0.333. The Balaban J connectivity index is 2.34. The van der Waals surface area contributed by atoms with E-state index in [0.29, 0.717) is 4.83 Å². The van der Waals surface area contributed by atoms with Crippen molar-refractivity contribution in [2.45, 2.75) is 24.6 Å². The lowest BCUT2D eigenvalue weighted by Gasteiger charge is -2.21. The van der Waals surface area contributed by atoms with Gasteiger partial charge in [0, 0.05) is 17.3 Å². The Bertz CT molecular complexity index is 442. The first-order chi connectivity index (χ1) is 7.68. The average molecular weight is 282 g/mol. The Hall–Kier alpha value is -1.16. The van der Waals surface area contributed by atoms with Crippen LogP contribution in [0.3, 0.4) is 0 Å². The van der Waals surface area contributed by atoms with E-state index in [-0.39, 0.29) is 5.97 Å². The lowest BCUT2D eigenvalue weighted by molar-refractivity contribution is -0.140. The molecule has 1 aliphatic carbocycles. The van der Waals surface area contributed by atoms with Crippen molar-refractivity contribution in [3.63, 3.8) is 0 Å². The number of carbonyl (C=O) groups excluding carboxylic acids is 1. The second-order valence-electron chi connectivity index (χ2n) is 3.71. The Kier molecular flexibility index (Phi) is 3.39. The van der Waals surface area contributed by atoms with E-state index in [1.165, 1.54) is 12.5 Å². The van der Waals surface area contributed by atoms with Crippen LogP contribution in [0.1, 0.15) is 35.7 Å². The molecule has 0 fully saturated rings. The molecular formula is C12H12BrNO2. The molecule has 16 heavy (non-hydrogen) atoms. The quantitative estimate of drug-likeness (QED) is 0.451. The minimum Gasteiger partial charge on any atom is -0.318 e. The van der Waals surface area contributed by atoms with Crippen LogP contribution in [0.5, 0.6) is 0 Å². The van der Waals surface area contributed by atoms with Gasteiger partial charge in [-0.1, -0.05) is 45.4 Å². The van der Waals surface area contributed by atoms with Gasteiger partial charge in [-0.15, -0.1) is 0 Å². The van der Waals surface area contributed by atoms with Crippen LogP contribution < -0.4 is 0 Å². The number of halogens is 1. The van der Waals surface area contributed by atoms with Crippen LogP contribution >= 0.6 is 15.9 Å². The zero-order valence-corrected chi connectivity index (χ0v) is 10.5. The van der Waals surface area contributed by atoms with Crippen molar-refractivity contribution >= 4 is 27.6 Å². The van der Waals surface area contributed by atoms with Gasteiger partial charge in [0.25, 0.3) is 0 Å². The summed E-state index contributed by atoms with van der Waals surface area (Å²) in [4.78, 5) is 15.8. The maximum absolute atomic E-state index is 10.7. The normalized spacial score (nSPS) is 21.6. The topological polar surface area (TPSA) is 38.7 Å².